The highest BCUT2D eigenvalue weighted by Crippen LogP contribution is 2.44. The van der Waals surface area contributed by atoms with Crippen molar-refractivity contribution in [3.8, 4) is 0 Å². The zero-order valence-corrected chi connectivity index (χ0v) is 11.6. The molecule has 19 heavy (non-hydrogen) atoms. The molecule has 0 aliphatic rings. The molecule has 9 heteroatoms. The topological polar surface area (TPSA) is 42.0 Å². The standard InChI is InChI=1S/C10H5Cl2F3N2OS/c1-16-9(18)3-2-19-7-4(10(13,14)15)5(11)8(12)17-6(3)7/h2H,1H3,(H,16,18). The molecule has 0 aromatic carbocycles. The summed E-state index contributed by atoms with van der Waals surface area (Å²) >= 11 is 11.9. The van der Waals surface area contributed by atoms with E-state index in [1.165, 1.54) is 12.4 Å². The van der Waals surface area contributed by atoms with E-state index >= 15 is 0 Å². The van der Waals surface area contributed by atoms with Crippen molar-refractivity contribution in [2.45, 2.75) is 6.18 Å². The summed E-state index contributed by atoms with van der Waals surface area (Å²) in [5.41, 5.74) is -1.14. The Morgan fingerprint density at radius 2 is 2.05 bits per heavy atom. The maximum absolute atomic E-state index is 13.0. The fraction of sp³-hybridized carbons (Fsp3) is 0.200. The predicted octanol–water partition coefficient (Wildman–Crippen LogP) is 3.98. The molecule has 2 aromatic heterocycles. The van der Waals surface area contributed by atoms with E-state index in [-0.39, 0.29) is 15.8 Å². The van der Waals surface area contributed by atoms with Crippen LogP contribution in [0.2, 0.25) is 10.2 Å². The number of aromatic nitrogens is 1. The van der Waals surface area contributed by atoms with Crippen LogP contribution < -0.4 is 5.32 Å². The lowest BCUT2D eigenvalue weighted by molar-refractivity contribution is -0.136. The van der Waals surface area contributed by atoms with Gasteiger partial charge in [-0.15, -0.1) is 11.3 Å². The minimum Gasteiger partial charge on any atom is -0.355 e. The first-order valence-corrected chi connectivity index (χ1v) is 6.46. The van der Waals surface area contributed by atoms with Gasteiger partial charge in [0.2, 0.25) is 0 Å². The van der Waals surface area contributed by atoms with Crippen LogP contribution in [0.3, 0.4) is 0 Å². The summed E-state index contributed by atoms with van der Waals surface area (Å²) in [7, 11) is 1.37. The van der Waals surface area contributed by atoms with E-state index in [1.807, 2.05) is 0 Å². The highest BCUT2D eigenvalue weighted by atomic mass is 35.5. The van der Waals surface area contributed by atoms with Gasteiger partial charge in [0.25, 0.3) is 5.91 Å². The fourth-order valence-corrected chi connectivity index (χ4v) is 3.08. The normalized spacial score (nSPS) is 11.9. The zero-order valence-electron chi connectivity index (χ0n) is 9.23. The second-order valence-corrected chi connectivity index (χ2v) is 5.11. The van der Waals surface area contributed by atoms with Gasteiger partial charge in [0.1, 0.15) is 5.15 Å². The molecular formula is C10H5Cl2F3N2OS. The van der Waals surface area contributed by atoms with Gasteiger partial charge in [-0.1, -0.05) is 23.2 Å². The number of thiophene rings is 1. The Morgan fingerprint density at radius 1 is 1.42 bits per heavy atom. The summed E-state index contributed by atoms with van der Waals surface area (Å²) in [6, 6.07) is 0. The van der Waals surface area contributed by atoms with E-state index in [9.17, 15) is 18.0 Å². The molecule has 0 atom stereocenters. The monoisotopic (exact) mass is 328 g/mol. The number of carbonyl (C=O) groups is 1. The van der Waals surface area contributed by atoms with E-state index in [1.54, 1.807) is 0 Å². The van der Waals surface area contributed by atoms with Gasteiger partial charge in [-0.25, -0.2) is 4.98 Å². The van der Waals surface area contributed by atoms with Gasteiger partial charge in [0.05, 0.1) is 26.4 Å². The van der Waals surface area contributed by atoms with Crippen molar-refractivity contribution in [3.05, 3.63) is 26.7 Å². The van der Waals surface area contributed by atoms with Crippen LogP contribution in [0, 0.1) is 0 Å². The molecule has 0 spiro atoms. The molecule has 0 saturated carbocycles. The molecule has 0 saturated heterocycles. The van der Waals surface area contributed by atoms with Crippen LogP contribution in [-0.2, 0) is 6.18 Å². The number of carbonyl (C=O) groups excluding carboxylic acids is 1. The summed E-state index contributed by atoms with van der Waals surface area (Å²) in [4.78, 5) is 15.3. The molecular weight excluding hydrogens is 324 g/mol. The van der Waals surface area contributed by atoms with Crippen molar-refractivity contribution < 1.29 is 18.0 Å². The lowest BCUT2D eigenvalue weighted by Crippen LogP contribution is -2.17. The van der Waals surface area contributed by atoms with Crippen LogP contribution in [0.15, 0.2) is 5.38 Å². The Morgan fingerprint density at radius 3 is 2.58 bits per heavy atom. The Labute approximate surface area is 119 Å². The first-order valence-electron chi connectivity index (χ1n) is 4.82. The van der Waals surface area contributed by atoms with Crippen LogP contribution in [0.4, 0.5) is 13.2 Å². The second-order valence-electron chi connectivity index (χ2n) is 3.50. The van der Waals surface area contributed by atoms with E-state index in [0.29, 0.717) is 0 Å². The average Bonchev–Trinajstić information content (AvgIpc) is 2.70. The number of amides is 1. The molecule has 0 bridgehead atoms. The number of alkyl halides is 3. The van der Waals surface area contributed by atoms with Crippen molar-refractivity contribution in [1.82, 2.24) is 10.3 Å². The van der Waals surface area contributed by atoms with E-state index in [0.717, 1.165) is 11.3 Å². The van der Waals surface area contributed by atoms with Crippen LogP contribution >= 0.6 is 34.5 Å². The number of halogens is 5. The van der Waals surface area contributed by atoms with Crippen molar-refractivity contribution in [1.29, 1.82) is 0 Å². The van der Waals surface area contributed by atoms with Gasteiger partial charge in [0, 0.05) is 12.4 Å². The first-order chi connectivity index (χ1) is 8.77. The zero-order chi connectivity index (χ0) is 14.4. The molecule has 102 valence electrons. The largest absolute Gasteiger partial charge is 0.419 e. The van der Waals surface area contributed by atoms with Crippen molar-refractivity contribution in [2.24, 2.45) is 0 Å². The molecule has 0 radical (unpaired) electrons. The number of nitrogens with one attached hydrogen (secondary N) is 1. The molecule has 2 aromatic rings. The SMILES string of the molecule is CNC(=O)c1csc2c(C(F)(F)F)c(Cl)c(Cl)nc12. The van der Waals surface area contributed by atoms with Gasteiger partial charge < -0.3 is 5.32 Å². The summed E-state index contributed by atoms with van der Waals surface area (Å²) in [6.45, 7) is 0. The number of pyridine rings is 1. The van der Waals surface area contributed by atoms with Crippen molar-refractivity contribution in [2.75, 3.05) is 7.05 Å². The van der Waals surface area contributed by atoms with Crippen molar-refractivity contribution in [3.63, 3.8) is 0 Å². The highest BCUT2D eigenvalue weighted by molar-refractivity contribution is 7.17. The van der Waals surface area contributed by atoms with Crippen LogP contribution in [0.1, 0.15) is 15.9 Å². The molecule has 3 nitrogen and oxygen atoms in total. The van der Waals surface area contributed by atoms with Gasteiger partial charge in [0.15, 0.2) is 0 Å². The fourth-order valence-electron chi connectivity index (χ4n) is 1.54. The third kappa shape index (κ3) is 2.37. The Bertz CT molecular complexity index is 669. The summed E-state index contributed by atoms with van der Waals surface area (Å²) < 4.78 is 38.8. The highest BCUT2D eigenvalue weighted by Gasteiger charge is 2.38. The first kappa shape index (κ1) is 14.4. The van der Waals surface area contributed by atoms with Gasteiger partial charge in [-0.2, -0.15) is 13.2 Å². The molecule has 0 aliphatic heterocycles. The third-order valence-corrected chi connectivity index (χ3v) is 4.08. The Kier molecular flexibility index (Phi) is 3.63. The number of hydrogen-bond acceptors (Lipinski definition) is 3. The van der Waals surface area contributed by atoms with Gasteiger partial charge in [-0.3, -0.25) is 4.79 Å². The van der Waals surface area contributed by atoms with E-state index in [4.69, 9.17) is 23.2 Å². The number of nitrogens with zero attached hydrogens (tertiary/aromatic N) is 1. The number of hydrogen-bond donors (Lipinski definition) is 1. The maximum atomic E-state index is 13.0. The van der Waals surface area contributed by atoms with E-state index < -0.39 is 27.8 Å². The Balaban J connectivity index is 2.86. The molecule has 0 fully saturated rings. The van der Waals surface area contributed by atoms with Crippen LogP contribution in [-0.4, -0.2) is 17.9 Å². The second kappa shape index (κ2) is 4.81. The smallest absolute Gasteiger partial charge is 0.355 e. The minimum atomic E-state index is -4.67. The maximum Gasteiger partial charge on any atom is 0.419 e. The van der Waals surface area contributed by atoms with Gasteiger partial charge in [-0.05, 0) is 0 Å². The van der Waals surface area contributed by atoms with Crippen molar-refractivity contribution >= 4 is 50.7 Å². The molecule has 2 heterocycles. The lowest BCUT2D eigenvalue weighted by Gasteiger charge is -2.11. The molecule has 1 amide bonds. The average molecular weight is 329 g/mol. The Hall–Kier alpha value is -1.05. The molecule has 2 rings (SSSR count). The summed E-state index contributed by atoms with van der Waals surface area (Å²) in [6.07, 6.45) is -4.67. The van der Waals surface area contributed by atoms with Gasteiger partial charge >= 0.3 is 6.18 Å². The quantitative estimate of drug-likeness (QED) is 0.804. The van der Waals surface area contributed by atoms with Crippen LogP contribution in [0.5, 0.6) is 0 Å². The van der Waals surface area contributed by atoms with Crippen LogP contribution in [0.25, 0.3) is 10.2 Å². The predicted molar refractivity (Wildman–Crippen MR) is 68.0 cm³/mol. The third-order valence-electron chi connectivity index (χ3n) is 2.36. The molecule has 0 aliphatic carbocycles. The van der Waals surface area contributed by atoms with E-state index in [2.05, 4.69) is 10.3 Å². The summed E-state index contributed by atoms with van der Waals surface area (Å²) in [5.74, 6) is -0.537. The summed E-state index contributed by atoms with van der Waals surface area (Å²) in [5, 5.41) is 2.47. The minimum absolute atomic E-state index is 0.0339. The lowest BCUT2D eigenvalue weighted by atomic mass is 10.2. The molecule has 1 N–H and O–H groups in total. The molecule has 0 unspecified atom stereocenters. The number of fused-ring (bicyclic) bond motifs is 1. The number of rotatable bonds is 1.